The van der Waals surface area contributed by atoms with Gasteiger partial charge in [0.2, 0.25) is 5.89 Å². The Hall–Kier alpha value is -1.52. The SMILES string of the molecule is CN(C)C(N)=NCc1ncc(C(C)(C)C)o1. The molecule has 5 heteroatoms. The fourth-order valence-electron chi connectivity index (χ4n) is 1.02. The molecule has 0 aliphatic carbocycles. The van der Waals surface area contributed by atoms with Gasteiger partial charge in [-0.1, -0.05) is 20.8 Å². The molecule has 0 spiro atoms. The Balaban J connectivity index is 2.70. The summed E-state index contributed by atoms with van der Waals surface area (Å²) in [6, 6.07) is 0. The molecule has 1 rings (SSSR count). The van der Waals surface area contributed by atoms with Crippen molar-refractivity contribution in [1.29, 1.82) is 0 Å². The molecule has 16 heavy (non-hydrogen) atoms. The van der Waals surface area contributed by atoms with Gasteiger partial charge in [-0.05, 0) is 0 Å². The van der Waals surface area contributed by atoms with Crippen molar-refractivity contribution in [3.05, 3.63) is 17.8 Å². The van der Waals surface area contributed by atoms with Gasteiger partial charge < -0.3 is 15.1 Å². The van der Waals surface area contributed by atoms with E-state index in [2.05, 4.69) is 30.7 Å². The second-order valence-electron chi connectivity index (χ2n) is 4.94. The Morgan fingerprint density at radius 2 is 2.12 bits per heavy atom. The van der Waals surface area contributed by atoms with Gasteiger partial charge in [-0.3, -0.25) is 0 Å². The van der Waals surface area contributed by atoms with Crippen molar-refractivity contribution in [2.24, 2.45) is 10.7 Å². The molecule has 2 N–H and O–H groups in total. The lowest BCUT2D eigenvalue weighted by atomic mass is 9.94. The van der Waals surface area contributed by atoms with Crippen molar-refractivity contribution in [2.45, 2.75) is 32.7 Å². The Kier molecular flexibility index (Phi) is 3.57. The highest BCUT2D eigenvalue weighted by Crippen LogP contribution is 2.22. The Morgan fingerprint density at radius 1 is 1.50 bits per heavy atom. The summed E-state index contributed by atoms with van der Waals surface area (Å²) in [5, 5.41) is 0. The van der Waals surface area contributed by atoms with Gasteiger partial charge in [0.25, 0.3) is 0 Å². The lowest BCUT2D eigenvalue weighted by Crippen LogP contribution is -2.30. The maximum atomic E-state index is 5.66. The standard InChI is InChI=1S/C11H20N4O/c1-11(2,3)8-6-13-9(16-8)7-14-10(12)15(4)5/h6H,7H2,1-5H3,(H2,12,14). The van der Waals surface area contributed by atoms with Gasteiger partial charge in [-0.15, -0.1) is 0 Å². The molecular weight excluding hydrogens is 204 g/mol. The molecule has 0 aromatic carbocycles. The van der Waals surface area contributed by atoms with Gasteiger partial charge in [0, 0.05) is 19.5 Å². The third kappa shape index (κ3) is 3.25. The number of oxazole rings is 1. The van der Waals surface area contributed by atoms with Crippen LogP contribution < -0.4 is 5.73 Å². The molecule has 0 atom stereocenters. The number of nitrogens with zero attached hydrogens (tertiary/aromatic N) is 3. The Labute approximate surface area is 96.4 Å². The zero-order valence-corrected chi connectivity index (χ0v) is 10.6. The summed E-state index contributed by atoms with van der Waals surface area (Å²) in [7, 11) is 3.68. The number of aromatic nitrogens is 1. The molecule has 1 aromatic heterocycles. The first-order valence-electron chi connectivity index (χ1n) is 5.23. The number of nitrogens with two attached hydrogens (primary N) is 1. The van der Waals surface area contributed by atoms with Gasteiger partial charge in [0.05, 0.1) is 6.20 Å². The van der Waals surface area contributed by atoms with Gasteiger partial charge >= 0.3 is 0 Å². The zero-order valence-electron chi connectivity index (χ0n) is 10.6. The number of aliphatic imine (C=N–C) groups is 1. The van der Waals surface area contributed by atoms with Crippen LogP contribution in [0.25, 0.3) is 0 Å². The van der Waals surface area contributed by atoms with E-state index in [-0.39, 0.29) is 5.41 Å². The summed E-state index contributed by atoms with van der Waals surface area (Å²) in [4.78, 5) is 10.1. The van der Waals surface area contributed by atoms with Crippen molar-refractivity contribution in [1.82, 2.24) is 9.88 Å². The molecular formula is C11H20N4O. The smallest absolute Gasteiger partial charge is 0.216 e. The van der Waals surface area contributed by atoms with Crippen molar-refractivity contribution >= 4 is 5.96 Å². The van der Waals surface area contributed by atoms with E-state index in [9.17, 15) is 0 Å². The molecule has 1 heterocycles. The first kappa shape index (κ1) is 12.5. The summed E-state index contributed by atoms with van der Waals surface area (Å²) in [6.07, 6.45) is 1.75. The molecule has 5 nitrogen and oxygen atoms in total. The van der Waals surface area contributed by atoms with Crippen LogP contribution in [-0.2, 0) is 12.0 Å². The molecule has 0 unspecified atom stereocenters. The van der Waals surface area contributed by atoms with Crippen LogP contribution in [0.5, 0.6) is 0 Å². The van der Waals surface area contributed by atoms with Crippen LogP contribution in [0.1, 0.15) is 32.4 Å². The van der Waals surface area contributed by atoms with Crippen molar-refractivity contribution in [3.8, 4) is 0 Å². The second-order valence-corrected chi connectivity index (χ2v) is 4.94. The second kappa shape index (κ2) is 4.55. The van der Waals surface area contributed by atoms with Crippen molar-refractivity contribution in [2.75, 3.05) is 14.1 Å². The summed E-state index contributed by atoms with van der Waals surface area (Å²) in [5.41, 5.74) is 5.64. The van der Waals surface area contributed by atoms with E-state index in [0.717, 1.165) is 5.76 Å². The quantitative estimate of drug-likeness (QED) is 0.608. The highest BCUT2D eigenvalue weighted by Gasteiger charge is 2.18. The molecule has 0 bridgehead atoms. The lowest BCUT2D eigenvalue weighted by molar-refractivity contribution is 0.383. The molecule has 0 radical (unpaired) electrons. The molecule has 0 amide bonds. The lowest BCUT2D eigenvalue weighted by Gasteiger charge is -2.13. The Morgan fingerprint density at radius 3 is 2.56 bits per heavy atom. The van der Waals surface area contributed by atoms with Crippen LogP contribution in [0.2, 0.25) is 0 Å². The molecule has 0 aliphatic rings. The van der Waals surface area contributed by atoms with E-state index in [0.29, 0.717) is 18.4 Å². The summed E-state index contributed by atoms with van der Waals surface area (Å²) in [5.74, 6) is 1.92. The molecule has 0 saturated heterocycles. The normalized spacial score (nSPS) is 12.9. The highest BCUT2D eigenvalue weighted by atomic mass is 16.4. The average Bonchev–Trinajstić information content (AvgIpc) is 2.61. The average molecular weight is 224 g/mol. The number of rotatable bonds is 2. The van der Waals surface area contributed by atoms with E-state index < -0.39 is 0 Å². The van der Waals surface area contributed by atoms with Crippen LogP contribution in [0, 0.1) is 0 Å². The molecule has 1 aromatic rings. The highest BCUT2D eigenvalue weighted by molar-refractivity contribution is 5.77. The largest absolute Gasteiger partial charge is 0.443 e. The van der Waals surface area contributed by atoms with E-state index in [1.54, 1.807) is 11.1 Å². The third-order valence-corrected chi connectivity index (χ3v) is 2.13. The monoisotopic (exact) mass is 224 g/mol. The van der Waals surface area contributed by atoms with E-state index >= 15 is 0 Å². The van der Waals surface area contributed by atoms with E-state index in [1.165, 1.54) is 0 Å². The van der Waals surface area contributed by atoms with Gasteiger partial charge in [0.1, 0.15) is 12.3 Å². The molecule has 0 saturated carbocycles. The minimum absolute atomic E-state index is 0.0257. The number of hydrogen-bond donors (Lipinski definition) is 1. The first-order valence-corrected chi connectivity index (χ1v) is 5.23. The van der Waals surface area contributed by atoms with Crippen LogP contribution in [0.4, 0.5) is 0 Å². The maximum absolute atomic E-state index is 5.66. The summed E-state index contributed by atoms with van der Waals surface area (Å²) in [6.45, 7) is 6.61. The van der Waals surface area contributed by atoms with Crippen LogP contribution in [-0.4, -0.2) is 29.9 Å². The van der Waals surface area contributed by atoms with Crippen molar-refractivity contribution in [3.63, 3.8) is 0 Å². The predicted octanol–water partition coefficient (Wildman–Crippen LogP) is 1.35. The van der Waals surface area contributed by atoms with Gasteiger partial charge in [-0.2, -0.15) is 0 Å². The van der Waals surface area contributed by atoms with E-state index in [1.807, 2.05) is 14.1 Å². The Bertz CT molecular complexity index is 374. The molecule has 0 fully saturated rings. The maximum Gasteiger partial charge on any atom is 0.216 e. The predicted molar refractivity (Wildman–Crippen MR) is 64.2 cm³/mol. The first-order chi connectivity index (χ1) is 7.30. The van der Waals surface area contributed by atoms with Gasteiger partial charge in [-0.25, -0.2) is 9.98 Å². The summed E-state index contributed by atoms with van der Waals surface area (Å²) < 4.78 is 5.59. The van der Waals surface area contributed by atoms with E-state index in [4.69, 9.17) is 10.2 Å². The number of guanidine groups is 1. The zero-order chi connectivity index (χ0) is 12.3. The molecule has 0 aliphatic heterocycles. The van der Waals surface area contributed by atoms with Gasteiger partial charge in [0.15, 0.2) is 5.96 Å². The topological polar surface area (TPSA) is 67.7 Å². The fourth-order valence-corrected chi connectivity index (χ4v) is 1.02. The summed E-state index contributed by atoms with van der Waals surface area (Å²) >= 11 is 0. The molecule has 90 valence electrons. The minimum atomic E-state index is -0.0257. The third-order valence-electron chi connectivity index (χ3n) is 2.13. The van der Waals surface area contributed by atoms with Crippen LogP contribution >= 0.6 is 0 Å². The van der Waals surface area contributed by atoms with Crippen LogP contribution in [0.15, 0.2) is 15.6 Å². The van der Waals surface area contributed by atoms with Crippen LogP contribution in [0.3, 0.4) is 0 Å². The fraction of sp³-hybridized carbons (Fsp3) is 0.636. The number of hydrogen-bond acceptors (Lipinski definition) is 3. The minimum Gasteiger partial charge on any atom is -0.443 e. The van der Waals surface area contributed by atoms with Crippen molar-refractivity contribution < 1.29 is 4.42 Å².